The molecule has 2 rings (SSSR count). The molecule has 0 aliphatic heterocycles. The highest BCUT2D eigenvalue weighted by molar-refractivity contribution is 5.95. The molecule has 0 bridgehead atoms. The van der Waals surface area contributed by atoms with Crippen LogP contribution in [0.2, 0.25) is 0 Å². The number of hydrogen-bond donors (Lipinski definition) is 1. The number of aromatic nitrogens is 2. The number of carbonyl (C=O) groups is 1. The van der Waals surface area contributed by atoms with Crippen molar-refractivity contribution < 1.29 is 14.3 Å². The molecule has 0 fully saturated rings. The van der Waals surface area contributed by atoms with E-state index in [1.54, 1.807) is 16.9 Å². The first kappa shape index (κ1) is 12.3. The molecule has 0 saturated carbocycles. The topological polar surface area (TPSA) is 55.1 Å². The monoisotopic (exact) mass is 248 g/mol. The number of benzene rings is 1. The summed E-state index contributed by atoms with van der Waals surface area (Å²) in [6, 6.07) is 5.34. The van der Waals surface area contributed by atoms with Gasteiger partial charge in [0.25, 0.3) is 0 Å². The lowest BCUT2D eigenvalue weighted by Gasteiger charge is -2.09. The molecule has 2 aromatic rings. The van der Waals surface area contributed by atoms with Gasteiger partial charge < -0.3 is 5.11 Å². The van der Waals surface area contributed by atoms with E-state index in [1.807, 2.05) is 6.92 Å². The van der Waals surface area contributed by atoms with Crippen molar-refractivity contribution in [1.82, 2.24) is 9.78 Å². The van der Waals surface area contributed by atoms with Gasteiger partial charge in [-0.25, -0.2) is 9.18 Å². The van der Waals surface area contributed by atoms with Crippen LogP contribution in [0.3, 0.4) is 0 Å². The average molecular weight is 248 g/mol. The number of carboxylic acid groups (broad SMARTS) is 1. The van der Waals surface area contributed by atoms with Gasteiger partial charge >= 0.3 is 5.97 Å². The van der Waals surface area contributed by atoms with Gasteiger partial charge in [0.1, 0.15) is 5.82 Å². The Kier molecular flexibility index (Phi) is 3.41. The van der Waals surface area contributed by atoms with Gasteiger partial charge in [0.15, 0.2) is 0 Å². The predicted molar refractivity (Wildman–Crippen MR) is 64.9 cm³/mol. The summed E-state index contributed by atoms with van der Waals surface area (Å²) < 4.78 is 15.0. The molecule has 94 valence electrons. The minimum atomic E-state index is -1.07. The van der Waals surface area contributed by atoms with E-state index in [2.05, 4.69) is 5.10 Å². The fourth-order valence-corrected chi connectivity index (χ4v) is 1.87. The molecule has 0 radical (unpaired) electrons. The summed E-state index contributed by atoms with van der Waals surface area (Å²) in [7, 11) is 0. The number of hydrogen-bond acceptors (Lipinski definition) is 2. The lowest BCUT2D eigenvalue weighted by molar-refractivity contribution is 0.0697. The molecule has 4 nitrogen and oxygen atoms in total. The Bertz CT molecular complexity index is 578. The van der Waals surface area contributed by atoms with E-state index in [0.29, 0.717) is 17.8 Å². The molecule has 0 saturated heterocycles. The quantitative estimate of drug-likeness (QED) is 0.905. The fraction of sp³-hybridized carbons (Fsp3) is 0.231. The summed E-state index contributed by atoms with van der Waals surface area (Å²) in [5.41, 5.74) is 1.05. The Morgan fingerprint density at radius 3 is 2.89 bits per heavy atom. The van der Waals surface area contributed by atoms with Gasteiger partial charge in [-0.15, -0.1) is 0 Å². The first-order valence-electron chi connectivity index (χ1n) is 5.68. The van der Waals surface area contributed by atoms with Crippen LogP contribution < -0.4 is 0 Å². The van der Waals surface area contributed by atoms with Crippen molar-refractivity contribution in [2.75, 3.05) is 0 Å². The van der Waals surface area contributed by atoms with Gasteiger partial charge in [-0.1, -0.05) is 6.92 Å². The molecule has 0 amide bonds. The van der Waals surface area contributed by atoms with Crippen molar-refractivity contribution in [3.8, 4) is 11.3 Å². The van der Waals surface area contributed by atoms with E-state index < -0.39 is 11.8 Å². The molecule has 5 heteroatoms. The van der Waals surface area contributed by atoms with E-state index in [9.17, 15) is 9.18 Å². The summed E-state index contributed by atoms with van der Waals surface area (Å²) in [4.78, 5) is 11.1. The smallest absolute Gasteiger partial charge is 0.336 e. The third-order valence-electron chi connectivity index (χ3n) is 2.64. The Labute approximate surface area is 104 Å². The molecule has 18 heavy (non-hydrogen) atoms. The maximum absolute atomic E-state index is 13.3. The highest BCUT2D eigenvalue weighted by Crippen LogP contribution is 2.25. The lowest BCUT2D eigenvalue weighted by atomic mass is 10.0. The van der Waals surface area contributed by atoms with E-state index in [1.165, 1.54) is 12.1 Å². The zero-order valence-corrected chi connectivity index (χ0v) is 9.93. The van der Waals surface area contributed by atoms with Crippen LogP contribution in [-0.4, -0.2) is 20.9 Å². The average Bonchev–Trinajstić information content (AvgIpc) is 2.77. The van der Waals surface area contributed by atoms with Gasteiger partial charge in [0.05, 0.1) is 11.3 Å². The molecule has 0 spiro atoms. The van der Waals surface area contributed by atoms with Gasteiger partial charge in [0, 0.05) is 18.3 Å². The number of nitrogens with zero attached hydrogens (tertiary/aromatic N) is 2. The van der Waals surface area contributed by atoms with Crippen LogP contribution in [0, 0.1) is 5.82 Å². The van der Waals surface area contributed by atoms with Crippen LogP contribution in [0.5, 0.6) is 0 Å². The Balaban J connectivity index is 2.58. The minimum absolute atomic E-state index is 0.0780. The number of aromatic carboxylic acids is 1. The van der Waals surface area contributed by atoms with E-state index in [0.717, 1.165) is 12.5 Å². The summed E-state index contributed by atoms with van der Waals surface area (Å²) in [6.45, 7) is 2.66. The first-order chi connectivity index (χ1) is 8.63. The highest BCUT2D eigenvalue weighted by Gasteiger charge is 2.15. The summed E-state index contributed by atoms with van der Waals surface area (Å²) in [6.07, 6.45) is 2.45. The Morgan fingerprint density at radius 1 is 1.44 bits per heavy atom. The number of rotatable bonds is 4. The Hall–Kier alpha value is -2.17. The van der Waals surface area contributed by atoms with Gasteiger partial charge in [-0.3, -0.25) is 4.68 Å². The van der Waals surface area contributed by atoms with Crippen molar-refractivity contribution in [2.24, 2.45) is 0 Å². The van der Waals surface area contributed by atoms with Crippen LogP contribution in [0.25, 0.3) is 11.3 Å². The molecular formula is C13H13FN2O2. The largest absolute Gasteiger partial charge is 0.478 e. The van der Waals surface area contributed by atoms with Crippen LogP contribution in [0.4, 0.5) is 4.39 Å². The number of aryl methyl sites for hydroxylation is 1. The third-order valence-corrected chi connectivity index (χ3v) is 2.64. The van der Waals surface area contributed by atoms with Crippen LogP contribution in [0.1, 0.15) is 23.7 Å². The molecule has 1 aromatic heterocycles. The Morgan fingerprint density at radius 2 is 2.22 bits per heavy atom. The van der Waals surface area contributed by atoms with Crippen molar-refractivity contribution in [1.29, 1.82) is 0 Å². The SMILES string of the molecule is CCCn1nccc1-c1cc(F)ccc1C(=O)O. The number of halogens is 1. The highest BCUT2D eigenvalue weighted by atomic mass is 19.1. The van der Waals surface area contributed by atoms with Crippen molar-refractivity contribution in [3.05, 3.63) is 41.8 Å². The zero-order chi connectivity index (χ0) is 13.1. The molecule has 0 aliphatic rings. The standard InChI is InChI=1S/C13H13FN2O2/c1-2-7-16-12(5-6-15-16)11-8-9(14)3-4-10(11)13(17)18/h3-6,8H,2,7H2,1H3,(H,17,18). The second-order valence-corrected chi connectivity index (χ2v) is 3.93. The maximum Gasteiger partial charge on any atom is 0.336 e. The molecule has 1 heterocycles. The molecule has 0 atom stereocenters. The van der Waals surface area contributed by atoms with E-state index in [-0.39, 0.29) is 5.56 Å². The second-order valence-electron chi connectivity index (χ2n) is 3.93. The number of carboxylic acids is 1. The van der Waals surface area contributed by atoms with Crippen molar-refractivity contribution >= 4 is 5.97 Å². The van der Waals surface area contributed by atoms with Crippen LogP contribution in [-0.2, 0) is 6.54 Å². The van der Waals surface area contributed by atoms with Gasteiger partial charge in [-0.2, -0.15) is 5.10 Å². The first-order valence-corrected chi connectivity index (χ1v) is 5.68. The maximum atomic E-state index is 13.3. The zero-order valence-electron chi connectivity index (χ0n) is 9.93. The molecular weight excluding hydrogens is 235 g/mol. The van der Waals surface area contributed by atoms with Crippen LogP contribution in [0.15, 0.2) is 30.5 Å². The summed E-state index contributed by atoms with van der Waals surface area (Å²) in [5.74, 6) is -1.53. The normalized spacial score (nSPS) is 10.6. The summed E-state index contributed by atoms with van der Waals surface area (Å²) >= 11 is 0. The van der Waals surface area contributed by atoms with Gasteiger partial charge in [0.2, 0.25) is 0 Å². The third kappa shape index (κ3) is 2.25. The van der Waals surface area contributed by atoms with E-state index >= 15 is 0 Å². The lowest BCUT2D eigenvalue weighted by Crippen LogP contribution is -2.05. The second kappa shape index (κ2) is 5.00. The van der Waals surface area contributed by atoms with Crippen LogP contribution >= 0.6 is 0 Å². The fourth-order valence-electron chi connectivity index (χ4n) is 1.87. The molecule has 0 unspecified atom stereocenters. The predicted octanol–water partition coefficient (Wildman–Crippen LogP) is 2.80. The summed E-state index contributed by atoms with van der Waals surface area (Å²) in [5, 5.41) is 13.2. The van der Waals surface area contributed by atoms with Crippen molar-refractivity contribution in [3.63, 3.8) is 0 Å². The van der Waals surface area contributed by atoms with E-state index in [4.69, 9.17) is 5.11 Å². The minimum Gasteiger partial charge on any atom is -0.478 e. The van der Waals surface area contributed by atoms with Gasteiger partial charge in [-0.05, 0) is 30.7 Å². The molecule has 1 N–H and O–H groups in total. The molecule has 0 aliphatic carbocycles. The van der Waals surface area contributed by atoms with Crippen molar-refractivity contribution in [2.45, 2.75) is 19.9 Å². The molecule has 1 aromatic carbocycles.